The Morgan fingerprint density at radius 2 is 2.20 bits per heavy atom. The molecule has 1 aromatic carbocycles. The normalized spacial score (nSPS) is 9.13. The van der Waals surface area contributed by atoms with Crippen molar-refractivity contribution in [3.8, 4) is 11.8 Å². The van der Waals surface area contributed by atoms with Crippen molar-refractivity contribution in [2.24, 2.45) is 5.73 Å². The first-order valence-electron chi connectivity index (χ1n) is 4.38. The highest BCUT2D eigenvalue weighted by Crippen LogP contribution is 2.19. The molecule has 0 saturated carbocycles. The van der Waals surface area contributed by atoms with Crippen LogP contribution >= 0.6 is 0 Å². The number of hydrogen-bond donors (Lipinski definition) is 2. The number of nitrogens with two attached hydrogens (primary N) is 2. The molecule has 0 amide bonds. The van der Waals surface area contributed by atoms with Crippen LogP contribution in [0.25, 0.3) is 0 Å². The Hall–Kier alpha value is -2.06. The largest absolute Gasteiger partial charge is 0.399 e. The van der Waals surface area contributed by atoms with E-state index in [2.05, 4.69) is 11.8 Å². The predicted molar refractivity (Wildman–Crippen MR) is 58.1 cm³/mol. The molecule has 0 spiro atoms. The molecule has 0 aliphatic rings. The maximum absolute atomic E-state index is 10.6. The Morgan fingerprint density at radius 1 is 1.47 bits per heavy atom. The van der Waals surface area contributed by atoms with Gasteiger partial charge in [0.05, 0.1) is 4.92 Å². The van der Waals surface area contributed by atoms with Crippen LogP contribution in [0.2, 0.25) is 0 Å². The fourth-order valence-electron chi connectivity index (χ4n) is 1.04. The van der Waals surface area contributed by atoms with Gasteiger partial charge in [0.1, 0.15) is 5.56 Å². The summed E-state index contributed by atoms with van der Waals surface area (Å²) < 4.78 is 0. The third kappa shape index (κ3) is 2.97. The second-order valence-corrected chi connectivity index (χ2v) is 2.87. The second kappa shape index (κ2) is 4.98. The van der Waals surface area contributed by atoms with Gasteiger partial charge < -0.3 is 11.5 Å². The monoisotopic (exact) mass is 205 g/mol. The van der Waals surface area contributed by atoms with Crippen molar-refractivity contribution in [1.82, 2.24) is 0 Å². The molecule has 1 aromatic rings. The van der Waals surface area contributed by atoms with E-state index in [1.54, 1.807) is 0 Å². The third-order valence-corrected chi connectivity index (χ3v) is 1.71. The minimum absolute atomic E-state index is 0.0336. The zero-order chi connectivity index (χ0) is 11.3. The Bertz CT molecular complexity index is 432. The molecule has 0 bridgehead atoms. The number of rotatable bonds is 2. The van der Waals surface area contributed by atoms with Crippen molar-refractivity contribution in [3.63, 3.8) is 0 Å². The molecule has 0 fully saturated rings. The number of nitrogen functional groups attached to an aromatic ring is 1. The highest BCUT2D eigenvalue weighted by atomic mass is 16.6. The average Bonchev–Trinajstić information content (AvgIpc) is 2.18. The Balaban J connectivity index is 3.09. The summed E-state index contributed by atoms with van der Waals surface area (Å²) in [6.45, 7) is 0.434. The molecular weight excluding hydrogens is 194 g/mol. The molecule has 0 saturated heterocycles. The van der Waals surface area contributed by atoms with E-state index in [0.29, 0.717) is 24.2 Å². The molecule has 4 N–H and O–H groups in total. The molecule has 0 radical (unpaired) electrons. The third-order valence-electron chi connectivity index (χ3n) is 1.71. The van der Waals surface area contributed by atoms with Crippen LogP contribution in [0.15, 0.2) is 18.2 Å². The number of benzene rings is 1. The molecule has 0 aliphatic heterocycles. The van der Waals surface area contributed by atoms with Crippen LogP contribution < -0.4 is 11.5 Å². The Labute approximate surface area is 87.2 Å². The minimum Gasteiger partial charge on any atom is -0.399 e. The standard InChI is InChI=1S/C10H11N3O2/c11-6-2-1-3-8-7-9(12)4-5-10(8)13(14)15/h4-5,7H,2,6,11-12H2. The van der Waals surface area contributed by atoms with Crippen LogP contribution in [0.3, 0.4) is 0 Å². The summed E-state index contributed by atoms with van der Waals surface area (Å²) in [6, 6.07) is 4.32. The van der Waals surface area contributed by atoms with E-state index in [4.69, 9.17) is 11.5 Å². The lowest BCUT2D eigenvalue weighted by molar-refractivity contribution is -0.385. The van der Waals surface area contributed by atoms with Gasteiger partial charge >= 0.3 is 0 Å². The molecule has 5 nitrogen and oxygen atoms in total. The zero-order valence-corrected chi connectivity index (χ0v) is 8.06. The van der Waals surface area contributed by atoms with Gasteiger partial charge in [0.15, 0.2) is 0 Å². The van der Waals surface area contributed by atoms with E-state index < -0.39 is 4.92 Å². The van der Waals surface area contributed by atoms with Gasteiger partial charge in [-0.3, -0.25) is 10.1 Å². The van der Waals surface area contributed by atoms with Crippen molar-refractivity contribution in [2.45, 2.75) is 6.42 Å². The first kappa shape index (κ1) is 11.0. The Kier molecular flexibility index (Phi) is 3.66. The molecule has 0 atom stereocenters. The fraction of sp³-hybridized carbons (Fsp3) is 0.200. The molecule has 0 aliphatic carbocycles. The smallest absolute Gasteiger partial charge is 0.285 e. The van der Waals surface area contributed by atoms with Crippen molar-refractivity contribution < 1.29 is 4.92 Å². The molecule has 78 valence electrons. The van der Waals surface area contributed by atoms with Crippen LogP contribution in [0.1, 0.15) is 12.0 Å². The van der Waals surface area contributed by atoms with Crippen LogP contribution in [-0.2, 0) is 0 Å². The molecular formula is C10H11N3O2. The van der Waals surface area contributed by atoms with Crippen molar-refractivity contribution in [2.75, 3.05) is 12.3 Å². The molecule has 0 aromatic heterocycles. The quantitative estimate of drug-likeness (QED) is 0.324. The van der Waals surface area contributed by atoms with Gasteiger partial charge in [-0.2, -0.15) is 0 Å². The first-order chi connectivity index (χ1) is 7.15. The lowest BCUT2D eigenvalue weighted by atomic mass is 10.1. The van der Waals surface area contributed by atoms with Crippen LogP contribution in [-0.4, -0.2) is 11.5 Å². The highest BCUT2D eigenvalue weighted by Gasteiger charge is 2.11. The van der Waals surface area contributed by atoms with E-state index in [-0.39, 0.29) is 5.69 Å². The van der Waals surface area contributed by atoms with Crippen molar-refractivity contribution >= 4 is 11.4 Å². The van der Waals surface area contributed by atoms with Gasteiger partial charge in [-0.05, 0) is 12.1 Å². The minimum atomic E-state index is -0.480. The van der Waals surface area contributed by atoms with Crippen molar-refractivity contribution in [3.05, 3.63) is 33.9 Å². The molecule has 5 heteroatoms. The van der Waals surface area contributed by atoms with Crippen LogP contribution in [0, 0.1) is 22.0 Å². The Morgan fingerprint density at radius 3 is 2.80 bits per heavy atom. The summed E-state index contributed by atoms with van der Waals surface area (Å²) in [4.78, 5) is 10.2. The summed E-state index contributed by atoms with van der Waals surface area (Å²) >= 11 is 0. The second-order valence-electron chi connectivity index (χ2n) is 2.87. The molecule has 0 unspecified atom stereocenters. The summed E-state index contributed by atoms with van der Waals surface area (Å²) in [7, 11) is 0. The highest BCUT2D eigenvalue weighted by molar-refractivity contribution is 5.58. The number of nitro benzene ring substituents is 1. The number of nitro groups is 1. The number of hydrogen-bond acceptors (Lipinski definition) is 4. The lowest BCUT2D eigenvalue weighted by Crippen LogP contribution is -1.96. The summed E-state index contributed by atoms with van der Waals surface area (Å²) in [5.41, 5.74) is 11.5. The topological polar surface area (TPSA) is 95.2 Å². The lowest BCUT2D eigenvalue weighted by Gasteiger charge is -1.96. The number of anilines is 1. The van der Waals surface area contributed by atoms with Gasteiger partial charge in [-0.15, -0.1) is 0 Å². The predicted octanol–water partition coefficient (Wildman–Crippen LogP) is 0.877. The van der Waals surface area contributed by atoms with E-state index in [0.717, 1.165) is 0 Å². The maximum atomic E-state index is 10.6. The van der Waals surface area contributed by atoms with E-state index in [1.807, 2.05) is 0 Å². The van der Waals surface area contributed by atoms with Gasteiger partial charge in [0.2, 0.25) is 0 Å². The summed E-state index contributed by atoms with van der Waals surface area (Å²) in [5, 5.41) is 10.6. The molecule has 15 heavy (non-hydrogen) atoms. The zero-order valence-electron chi connectivity index (χ0n) is 8.06. The average molecular weight is 205 g/mol. The SMILES string of the molecule is NCCC#Cc1cc(N)ccc1[N+](=O)[O-]. The van der Waals surface area contributed by atoms with Crippen LogP contribution in [0.5, 0.6) is 0 Å². The van der Waals surface area contributed by atoms with Gasteiger partial charge in [-0.1, -0.05) is 11.8 Å². The van der Waals surface area contributed by atoms with Crippen LogP contribution in [0.4, 0.5) is 11.4 Å². The molecule has 0 heterocycles. The van der Waals surface area contributed by atoms with Gasteiger partial charge in [0, 0.05) is 24.7 Å². The summed E-state index contributed by atoms with van der Waals surface area (Å²) in [6.07, 6.45) is 0.506. The van der Waals surface area contributed by atoms with Gasteiger partial charge in [-0.25, -0.2) is 0 Å². The number of nitrogens with zero attached hydrogens (tertiary/aromatic N) is 1. The van der Waals surface area contributed by atoms with Crippen molar-refractivity contribution in [1.29, 1.82) is 0 Å². The fourth-order valence-corrected chi connectivity index (χ4v) is 1.04. The first-order valence-corrected chi connectivity index (χ1v) is 4.38. The molecule has 1 rings (SSSR count). The van der Waals surface area contributed by atoms with E-state index >= 15 is 0 Å². The van der Waals surface area contributed by atoms with E-state index in [1.165, 1.54) is 18.2 Å². The maximum Gasteiger partial charge on any atom is 0.285 e. The van der Waals surface area contributed by atoms with Gasteiger partial charge in [0.25, 0.3) is 5.69 Å². The van der Waals surface area contributed by atoms with E-state index in [9.17, 15) is 10.1 Å². The summed E-state index contributed by atoms with van der Waals surface area (Å²) in [5.74, 6) is 5.42.